The SMILES string of the molecule is CN=C(NCc1cn2cc(Br)ccc2n1)NCC(C)(C)c1cccs1. The number of rotatable bonds is 5. The number of nitrogens with one attached hydrogen (secondary N) is 2. The van der Waals surface area contributed by atoms with Gasteiger partial charge >= 0.3 is 0 Å². The van der Waals surface area contributed by atoms with E-state index in [2.05, 4.69) is 67.9 Å². The van der Waals surface area contributed by atoms with Crippen LogP contribution in [-0.4, -0.2) is 28.9 Å². The van der Waals surface area contributed by atoms with Crippen molar-refractivity contribution in [1.82, 2.24) is 20.0 Å². The van der Waals surface area contributed by atoms with E-state index >= 15 is 0 Å². The third-order valence-electron chi connectivity index (χ3n) is 4.01. The first-order valence-corrected chi connectivity index (χ1v) is 9.77. The Hall–Kier alpha value is -1.86. The van der Waals surface area contributed by atoms with Crippen LogP contribution in [0.5, 0.6) is 0 Å². The summed E-state index contributed by atoms with van der Waals surface area (Å²) in [5.74, 6) is 0.780. The highest BCUT2D eigenvalue weighted by atomic mass is 79.9. The van der Waals surface area contributed by atoms with Gasteiger partial charge in [0.2, 0.25) is 0 Å². The standard InChI is InChI=1S/C18H22BrN5S/c1-18(2,15-5-4-8-25-15)12-22-17(20-3)21-9-14-11-24-10-13(19)6-7-16(24)23-14/h4-8,10-11H,9,12H2,1-3H3,(H2,20,21,22). The number of thiophene rings is 1. The molecule has 3 aromatic rings. The lowest BCUT2D eigenvalue weighted by Gasteiger charge is -2.25. The van der Waals surface area contributed by atoms with E-state index in [4.69, 9.17) is 0 Å². The number of imidazole rings is 1. The highest BCUT2D eigenvalue weighted by Crippen LogP contribution is 2.26. The van der Waals surface area contributed by atoms with Crippen molar-refractivity contribution in [1.29, 1.82) is 0 Å². The molecular formula is C18H22BrN5S. The molecule has 5 nitrogen and oxygen atoms in total. The fourth-order valence-corrected chi connectivity index (χ4v) is 3.76. The van der Waals surface area contributed by atoms with Gasteiger partial charge < -0.3 is 15.0 Å². The summed E-state index contributed by atoms with van der Waals surface area (Å²) in [5, 5.41) is 8.87. The minimum atomic E-state index is 0.0567. The molecule has 0 unspecified atom stereocenters. The molecule has 2 N–H and O–H groups in total. The average molecular weight is 420 g/mol. The molecule has 0 spiro atoms. The molecule has 0 atom stereocenters. The first-order valence-electron chi connectivity index (χ1n) is 8.09. The molecule has 0 saturated heterocycles. The molecule has 0 amide bonds. The van der Waals surface area contributed by atoms with Gasteiger partial charge in [-0.25, -0.2) is 4.98 Å². The minimum absolute atomic E-state index is 0.0567. The van der Waals surface area contributed by atoms with Crippen LogP contribution in [0.1, 0.15) is 24.4 Å². The fourth-order valence-electron chi connectivity index (χ4n) is 2.55. The summed E-state index contributed by atoms with van der Waals surface area (Å²) in [6, 6.07) is 8.25. The van der Waals surface area contributed by atoms with E-state index in [-0.39, 0.29) is 5.41 Å². The highest BCUT2D eigenvalue weighted by Gasteiger charge is 2.21. The Morgan fingerprint density at radius 1 is 1.28 bits per heavy atom. The molecule has 0 fully saturated rings. The first-order chi connectivity index (χ1) is 12.0. The smallest absolute Gasteiger partial charge is 0.191 e. The van der Waals surface area contributed by atoms with E-state index in [1.54, 1.807) is 18.4 Å². The molecule has 0 saturated carbocycles. The van der Waals surface area contributed by atoms with Crippen LogP contribution in [0.4, 0.5) is 0 Å². The Morgan fingerprint density at radius 2 is 2.12 bits per heavy atom. The quantitative estimate of drug-likeness (QED) is 0.488. The summed E-state index contributed by atoms with van der Waals surface area (Å²) in [4.78, 5) is 10.3. The zero-order valence-electron chi connectivity index (χ0n) is 14.6. The van der Waals surface area contributed by atoms with E-state index in [0.717, 1.165) is 28.3 Å². The third-order valence-corrected chi connectivity index (χ3v) is 5.72. The normalized spacial score (nSPS) is 12.6. The number of aromatic nitrogens is 2. The third kappa shape index (κ3) is 4.41. The summed E-state index contributed by atoms with van der Waals surface area (Å²) in [7, 11) is 1.79. The van der Waals surface area contributed by atoms with Crippen molar-refractivity contribution in [3.8, 4) is 0 Å². The van der Waals surface area contributed by atoms with Gasteiger partial charge in [-0.3, -0.25) is 4.99 Å². The highest BCUT2D eigenvalue weighted by molar-refractivity contribution is 9.10. The van der Waals surface area contributed by atoms with Gasteiger partial charge in [0.15, 0.2) is 5.96 Å². The molecule has 0 aliphatic carbocycles. The van der Waals surface area contributed by atoms with Crippen LogP contribution >= 0.6 is 27.3 Å². The second-order valence-corrected chi connectivity index (χ2v) is 8.35. The number of hydrogen-bond donors (Lipinski definition) is 2. The number of guanidine groups is 1. The molecule has 3 aromatic heterocycles. The van der Waals surface area contributed by atoms with Gasteiger partial charge in [0.05, 0.1) is 12.2 Å². The molecule has 0 radical (unpaired) electrons. The summed E-state index contributed by atoms with van der Waals surface area (Å²) in [5.41, 5.74) is 1.96. The Kier molecular flexibility index (Phi) is 5.44. The van der Waals surface area contributed by atoms with Crippen molar-refractivity contribution in [2.75, 3.05) is 13.6 Å². The minimum Gasteiger partial charge on any atom is -0.356 e. The topological polar surface area (TPSA) is 53.7 Å². The number of nitrogens with zero attached hydrogens (tertiary/aromatic N) is 3. The van der Waals surface area contributed by atoms with Gasteiger partial charge in [-0.05, 0) is 39.5 Å². The second kappa shape index (κ2) is 7.58. The molecule has 7 heteroatoms. The zero-order chi connectivity index (χ0) is 17.9. The largest absolute Gasteiger partial charge is 0.356 e. The summed E-state index contributed by atoms with van der Waals surface area (Å²) in [6.07, 6.45) is 4.03. The van der Waals surface area contributed by atoms with Gasteiger partial charge in [0, 0.05) is 40.8 Å². The molecule has 3 heterocycles. The Labute approximate surface area is 160 Å². The number of pyridine rings is 1. The van der Waals surface area contributed by atoms with Gasteiger partial charge in [-0.2, -0.15) is 0 Å². The molecule has 3 rings (SSSR count). The van der Waals surface area contributed by atoms with Crippen LogP contribution in [0.3, 0.4) is 0 Å². The van der Waals surface area contributed by atoms with Crippen molar-refractivity contribution in [3.63, 3.8) is 0 Å². The van der Waals surface area contributed by atoms with Gasteiger partial charge in [-0.1, -0.05) is 19.9 Å². The number of aliphatic imine (C=N–C) groups is 1. The van der Waals surface area contributed by atoms with E-state index in [0.29, 0.717) is 6.54 Å². The lowest BCUT2D eigenvalue weighted by atomic mass is 9.91. The number of hydrogen-bond acceptors (Lipinski definition) is 3. The zero-order valence-corrected chi connectivity index (χ0v) is 17.0. The van der Waals surface area contributed by atoms with Crippen molar-refractivity contribution < 1.29 is 0 Å². The Balaban J connectivity index is 1.58. The van der Waals surface area contributed by atoms with Crippen LogP contribution in [0.25, 0.3) is 5.65 Å². The first kappa shape index (κ1) is 17.9. The average Bonchev–Trinajstić information content (AvgIpc) is 3.24. The molecule has 0 aromatic carbocycles. The summed E-state index contributed by atoms with van der Waals surface area (Å²) >= 11 is 5.26. The van der Waals surface area contributed by atoms with Gasteiger partial charge in [-0.15, -0.1) is 11.3 Å². The lowest BCUT2D eigenvalue weighted by molar-refractivity contribution is 0.518. The number of fused-ring (bicyclic) bond motifs is 1. The summed E-state index contributed by atoms with van der Waals surface area (Å²) in [6.45, 7) is 5.90. The predicted octanol–water partition coefficient (Wildman–Crippen LogP) is 3.80. The molecule has 0 aliphatic rings. The van der Waals surface area contributed by atoms with Crippen molar-refractivity contribution in [3.05, 3.63) is 57.1 Å². The van der Waals surface area contributed by atoms with Crippen molar-refractivity contribution in [2.45, 2.75) is 25.8 Å². The lowest BCUT2D eigenvalue weighted by Crippen LogP contribution is -2.43. The van der Waals surface area contributed by atoms with Crippen LogP contribution in [0.2, 0.25) is 0 Å². The van der Waals surface area contributed by atoms with E-state index < -0.39 is 0 Å². The van der Waals surface area contributed by atoms with Crippen LogP contribution in [0.15, 0.2) is 51.5 Å². The Morgan fingerprint density at radius 3 is 2.84 bits per heavy atom. The van der Waals surface area contributed by atoms with Crippen molar-refractivity contribution >= 4 is 38.9 Å². The van der Waals surface area contributed by atoms with Gasteiger partial charge in [0.1, 0.15) is 5.65 Å². The maximum absolute atomic E-state index is 4.61. The van der Waals surface area contributed by atoms with Crippen molar-refractivity contribution in [2.24, 2.45) is 4.99 Å². The van der Waals surface area contributed by atoms with Crippen LogP contribution < -0.4 is 10.6 Å². The van der Waals surface area contributed by atoms with Crippen LogP contribution in [-0.2, 0) is 12.0 Å². The number of halogens is 1. The van der Waals surface area contributed by atoms with E-state index in [9.17, 15) is 0 Å². The fraction of sp³-hybridized carbons (Fsp3) is 0.333. The maximum Gasteiger partial charge on any atom is 0.191 e. The monoisotopic (exact) mass is 419 g/mol. The van der Waals surface area contributed by atoms with E-state index in [1.165, 1.54) is 4.88 Å². The Bertz CT molecular complexity index is 867. The van der Waals surface area contributed by atoms with E-state index in [1.807, 2.05) is 28.9 Å². The summed E-state index contributed by atoms with van der Waals surface area (Å²) < 4.78 is 3.04. The molecule has 25 heavy (non-hydrogen) atoms. The molecule has 132 valence electrons. The van der Waals surface area contributed by atoms with Gasteiger partial charge in [0.25, 0.3) is 0 Å². The second-order valence-electron chi connectivity index (χ2n) is 6.49. The maximum atomic E-state index is 4.61. The molecule has 0 bridgehead atoms. The molecular weight excluding hydrogens is 398 g/mol. The van der Waals surface area contributed by atoms with Crippen LogP contribution in [0, 0.1) is 0 Å². The predicted molar refractivity (Wildman–Crippen MR) is 108 cm³/mol. The molecule has 0 aliphatic heterocycles.